The van der Waals surface area contributed by atoms with Crippen molar-refractivity contribution in [1.29, 1.82) is 0 Å². The van der Waals surface area contributed by atoms with Crippen molar-refractivity contribution in [2.75, 3.05) is 0 Å². The van der Waals surface area contributed by atoms with E-state index in [1.165, 1.54) is 16.8 Å². The number of halogens is 3. The molecule has 3 nitrogen and oxygen atoms in total. The van der Waals surface area contributed by atoms with Gasteiger partial charge in [-0.1, -0.05) is 6.07 Å². The maximum absolute atomic E-state index is 12.4. The van der Waals surface area contributed by atoms with Crippen LogP contribution in [0.25, 0.3) is 11.4 Å². The van der Waals surface area contributed by atoms with Crippen LogP contribution in [0.4, 0.5) is 13.2 Å². The van der Waals surface area contributed by atoms with Crippen molar-refractivity contribution < 1.29 is 13.2 Å². The van der Waals surface area contributed by atoms with E-state index >= 15 is 0 Å². The first-order valence-electron chi connectivity index (χ1n) is 4.51. The molecule has 0 aliphatic carbocycles. The summed E-state index contributed by atoms with van der Waals surface area (Å²) in [6.07, 6.45) is -2.78. The van der Waals surface area contributed by atoms with Crippen molar-refractivity contribution in [1.82, 2.24) is 14.8 Å². The molecular weight excluding hydrogens is 219 g/mol. The van der Waals surface area contributed by atoms with E-state index in [9.17, 15) is 13.2 Å². The summed E-state index contributed by atoms with van der Waals surface area (Å²) >= 11 is 0. The van der Waals surface area contributed by atoms with Crippen LogP contribution in [0.3, 0.4) is 0 Å². The Bertz CT molecular complexity index is 502. The summed E-state index contributed by atoms with van der Waals surface area (Å²) in [5, 5.41) is 3.99. The van der Waals surface area contributed by atoms with Crippen molar-refractivity contribution in [3.63, 3.8) is 0 Å². The third-order valence-electron chi connectivity index (χ3n) is 2.02. The Balaban J connectivity index is 2.44. The molecule has 0 saturated carbocycles. The molecule has 0 atom stereocenters. The largest absolute Gasteiger partial charge is 0.433 e. The molecule has 16 heavy (non-hydrogen) atoms. The lowest BCUT2D eigenvalue weighted by molar-refractivity contribution is -0.141. The number of alkyl halides is 3. The Hall–Kier alpha value is -1.85. The molecular formula is C10H8F3N3. The second-order valence-electron chi connectivity index (χ2n) is 3.28. The van der Waals surface area contributed by atoms with Gasteiger partial charge in [-0.05, 0) is 18.2 Å². The monoisotopic (exact) mass is 227 g/mol. The summed E-state index contributed by atoms with van der Waals surface area (Å²) in [6, 6.07) is 5.37. The van der Waals surface area contributed by atoms with Gasteiger partial charge in [0.25, 0.3) is 0 Å². The summed E-state index contributed by atoms with van der Waals surface area (Å²) in [6.45, 7) is 0. The minimum atomic E-state index is -4.43. The highest BCUT2D eigenvalue weighted by Gasteiger charge is 2.32. The normalized spacial score (nSPS) is 11.8. The fourth-order valence-corrected chi connectivity index (χ4v) is 1.29. The van der Waals surface area contributed by atoms with E-state index in [0.717, 1.165) is 6.07 Å². The zero-order chi connectivity index (χ0) is 11.8. The molecule has 0 saturated heterocycles. The molecule has 0 fully saturated rings. The number of hydrogen-bond donors (Lipinski definition) is 0. The van der Waals surface area contributed by atoms with Crippen molar-refractivity contribution in [3.8, 4) is 11.4 Å². The van der Waals surface area contributed by atoms with Gasteiger partial charge >= 0.3 is 6.18 Å². The highest BCUT2D eigenvalue weighted by molar-refractivity contribution is 5.53. The lowest BCUT2D eigenvalue weighted by Crippen LogP contribution is -2.08. The number of nitrogens with zero attached hydrogens (tertiary/aromatic N) is 3. The van der Waals surface area contributed by atoms with Gasteiger partial charge < -0.3 is 0 Å². The first-order valence-corrected chi connectivity index (χ1v) is 4.51. The van der Waals surface area contributed by atoms with E-state index in [-0.39, 0.29) is 5.69 Å². The average molecular weight is 227 g/mol. The molecule has 0 radical (unpaired) electrons. The standard InChI is InChI=1S/C10H8F3N3/c1-16-6-5-8(15-16)7-3-2-4-9(14-7)10(11,12)13/h2-6H,1H3. The van der Waals surface area contributed by atoms with Gasteiger partial charge in [0.05, 0.1) is 5.69 Å². The van der Waals surface area contributed by atoms with Gasteiger partial charge in [-0.15, -0.1) is 0 Å². The third kappa shape index (κ3) is 2.05. The quantitative estimate of drug-likeness (QED) is 0.749. The van der Waals surface area contributed by atoms with Crippen LogP contribution in [-0.2, 0) is 13.2 Å². The minimum Gasteiger partial charge on any atom is -0.275 e. The number of aromatic nitrogens is 3. The molecule has 0 aliphatic rings. The Morgan fingerprint density at radius 2 is 1.88 bits per heavy atom. The Morgan fingerprint density at radius 3 is 2.44 bits per heavy atom. The minimum absolute atomic E-state index is 0.218. The smallest absolute Gasteiger partial charge is 0.275 e. The first kappa shape index (κ1) is 10.7. The molecule has 2 heterocycles. The van der Waals surface area contributed by atoms with Crippen LogP contribution in [0.1, 0.15) is 5.69 Å². The molecule has 0 aliphatic heterocycles. The molecule has 0 spiro atoms. The predicted octanol–water partition coefficient (Wildman–Crippen LogP) is 2.50. The highest BCUT2D eigenvalue weighted by Crippen LogP contribution is 2.28. The van der Waals surface area contributed by atoms with Gasteiger partial charge in [-0.2, -0.15) is 18.3 Å². The van der Waals surface area contributed by atoms with Gasteiger partial charge in [0, 0.05) is 13.2 Å². The molecule has 6 heteroatoms. The Labute approximate surface area is 89.5 Å². The number of hydrogen-bond acceptors (Lipinski definition) is 2. The van der Waals surface area contributed by atoms with Crippen LogP contribution in [0.15, 0.2) is 30.5 Å². The summed E-state index contributed by atoms with van der Waals surface area (Å²) < 4.78 is 38.7. The second-order valence-corrected chi connectivity index (χ2v) is 3.28. The van der Waals surface area contributed by atoms with Crippen LogP contribution >= 0.6 is 0 Å². The van der Waals surface area contributed by atoms with Gasteiger partial charge in [0.1, 0.15) is 11.4 Å². The molecule has 2 aromatic rings. The molecule has 0 aromatic carbocycles. The summed E-state index contributed by atoms with van der Waals surface area (Å²) in [5.74, 6) is 0. The fraction of sp³-hybridized carbons (Fsp3) is 0.200. The van der Waals surface area contributed by atoms with Crippen LogP contribution in [0, 0.1) is 0 Å². The van der Waals surface area contributed by atoms with Crippen molar-refractivity contribution in [2.45, 2.75) is 6.18 Å². The Morgan fingerprint density at radius 1 is 1.12 bits per heavy atom. The van der Waals surface area contributed by atoms with Crippen LogP contribution < -0.4 is 0 Å². The summed E-state index contributed by atoms with van der Waals surface area (Å²) in [4.78, 5) is 3.53. The number of pyridine rings is 1. The summed E-state index contributed by atoms with van der Waals surface area (Å²) in [5.41, 5.74) is -0.264. The zero-order valence-corrected chi connectivity index (χ0v) is 8.36. The number of aryl methyl sites for hydroxylation is 1. The zero-order valence-electron chi connectivity index (χ0n) is 8.36. The van der Waals surface area contributed by atoms with Crippen LogP contribution in [-0.4, -0.2) is 14.8 Å². The van der Waals surface area contributed by atoms with E-state index in [1.807, 2.05) is 0 Å². The fourth-order valence-electron chi connectivity index (χ4n) is 1.29. The van der Waals surface area contributed by atoms with E-state index in [4.69, 9.17) is 0 Å². The molecule has 0 bridgehead atoms. The molecule has 0 unspecified atom stereocenters. The lowest BCUT2D eigenvalue weighted by Gasteiger charge is -2.06. The maximum Gasteiger partial charge on any atom is 0.433 e. The van der Waals surface area contributed by atoms with Gasteiger partial charge in [-0.3, -0.25) is 4.68 Å². The van der Waals surface area contributed by atoms with Crippen molar-refractivity contribution >= 4 is 0 Å². The Kier molecular flexibility index (Phi) is 2.41. The van der Waals surface area contributed by atoms with E-state index < -0.39 is 11.9 Å². The SMILES string of the molecule is Cn1ccc(-c2cccc(C(F)(F)F)n2)n1. The van der Waals surface area contributed by atoms with Gasteiger partial charge in [0.2, 0.25) is 0 Å². The average Bonchev–Trinajstić information content (AvgIpc) is 2.64. The van der Waals surface area contributed by atoms with Crippen LogP contribution in [0.5, 0.6) is 0 Å². The summed E-state index contributed by atoms with van der Waals surface area (Å²) in [7, 11) is 1.69. The molecule has 0 amide bonds. The van der Waals surface area contributed by atoms with Crippen molar-refractivity contribution in [2.24, 2.45) is 7.05 Å². The molecule has 84 valence electrons. The third-order valence-corrected chi connectivity index (χ3v) is 2.02. The van der Waals surface area contributed by atoms with Gasteiger partial charge in [0.15, 0.2) is 0 Å². The molecule has 2 aromatic heterocycles. The van der Waals surface area contributed by atoms with Crippen molar-refractivity contribution in [3.05, 3.63) is 36.2 Å². The second kappa shape index (κ2) is 3.62. The lowest BCUT2D eigenvalue weighted by atomic mass is 10.2. The number of rotatable bonds is 1. The van der Waals surface area contributed by atoms with E-state index in [2.05, 4.69) is 10.1 Å². The van der Waals surface area contributed by atoms with Crippen LogP contribution in [0.2, 0.25) is 0 Å². The van der Waals surface area contributed by atoms with E-state index in [0.29, 0.717) is 5.69 Å². The van der Waals surface area contributed by atoms with Gasteiger partial charge in [-0.25, -0.2) is 4.98 Å². The maximum atomic E-state index is 12.4. The predicted molar refractivity (Wildman–Crippen MR) is 51.4 cm³/mol. The van der Waals surface area contributed by atoms with E-state index in [1.54, 1.807) is 19.3 Å². The molecule has 0 N–H and O–H groups in total. The topological polar surface area (TPSA) is 30.7 Å². The highest BCUT2D eigenvalue weighted by atomic mass is 19.4. The molecule has 2 rings (SSSR count). The first-order chi connectivity index (χ1) is 7.47.